The molecule has 0 saturated carbocycles. The number of unbranched alkanes of at least 4 members (excludes halogenated alkanes) is 1. The van der Waals surface area contributed by atoms with Gasteiger partial charge in [0, 0.05) is 23.0 Å². The molecular weight excluding hydrogens is 518 g/mol. The molecule has 0 amide bonds. The molecule has 0 radical (unpaired) electrons. The van der Waals surface area contributed by atoms with E-state index in [1.165, 1.54) is 50.2 Å². The number of hydrogen-bond acceptors (Lipinski definition) is 1. The highest BCUT2D eigenvalue weighted by atomic mass is 15.1. The smallest absolute Gasteiger partial charge is 0.0461 e. The summed E-state index contributed by atoms with van der Waals surface area (Å²) in [6.07, 6.45) is 15.0. The molecular formula is C42H39N. The van der Waals surface area contributed by atoms with Gasteiger partial charge in [-0.3, -0.25) is 0 Å². The second kappa shape index (κ2) is 12.5. The molecule has 212 valence electrons. The first-order valence-corrected chi connectivity index (χ1v) is 15.3. The average Bonchev–Trinajstić information content (AvgIpc) is 3.29. The molecule has 1 nitrogen and oxygen atoms in total. The quantitative estimate of drug-likeness (QED) is 0.129. The molecule has 0 bridgehead atoms. The lowest BCUT2D eigenvalue weighted by atomic mass is 9.82. The Morgan fingerprint density at radius 1 is 0.535 bits per heavy atom. The van der Waals surface area contributed by atoms with E-state index in [4.69, 9.17) is 0 Å². The van der Waals surface area contributed by atoms with Crippen LogP contribution in [0, 0.1) is 0 Å². The highest BCUT2D eigenvalue weighted by Gasteiger charge is 2.35. The summed E-state index contributed by atoms with van der Waals surface area (Å²) >= 11 is 0. The van der Waals surface area contributed by atoms with Crippen LogP contribution in [-0.4, -0.2) is 0 Å². The van der Waals surface area contributed by atoms with E-state index in [0.717, 1.165) is 18.5 Å². The van der Waals surface area contributed by atoms with E-state index in [-0.39, 0.29) is 5.41 Å². The summed E-state index contributed by atoms with van der Waals surface area (Å²) in [7, 11) is 0. The maximum Gasteiger partial charge on any atom is 0.0461 e. The lowest BCUT2D eigenvalue weighted by Gasteiger charge is -2.26. The van der Waals surface area contributed by atoms with Crippen molar-refractivity contribution in [1.29, 1.82) is 0 Å². The maximum absolute atomic E-state index is 2.40. The van der Waals surface area contributed by atoms with Gasteiger partial charge < -0.3 is 4.90 Å². The van der Waals surface area contributed by atoms with Gasteiger partial charge in [-0.15, -0.1) is 0 Å². The van der Waals surface area contributed by atoms with Gasteiger partial charge in [-0.2, -0.15) is 0 Å². The summed E-state index contributed by atoms with van der Waals surface area (Å²) in [5.74, 6) is 0. The Bertz CT molecular complexity index is 1790. The van der Waals surface area contributed by atoms with Crippen molar-refractivity contribution >= 4 is 11.4 Å². The van der Waals surface area contributed by atoms with Crippen LogP contribution in [0.15, 0.2) is 158 Å². The standard InChI is InChI=1S/C42H39N/c1-4-5-6-7-8-9-18-29-43(35-26-28-38-37-23-16-17-24-40(37)42(2,3)41(38)31-35)34-25-27-36(32-19-12-10-13-20-32)39(30-34)33-21-14-11-15-22-33/h4-7,10-31H,8-9H2,1-3H3/b5-4-,7-6-,29-18+. The highest BCUT2D eigenvalue weighted by Crippen LogP contribution is 2.50. The van der Waals surface area contributed by atoms with Gasteiger partial charge in [0.2, 0.25) is 0 Å². The summed E-state index contributed by atoms with van der Waals surface area (Å²) in [5.41, 5.74) is 12.6. The number of anilines is 2. The van der Waals surface area contributed by atoms with E-state index >= 15 is 0 Å². The molecule has 5 aromatic rings. The number of rotatable bonds is 9. The topological polar surface area (TPSA) is 3.24 Å². The number of fused-ring (bicyclic) bond motifs is 3. The molecule has 43 heavy (non-hydrogen) atoms. The van der Waals surface area contributed by atoms with Crippen molar-refractivity contribution < 1.29 is 0 Å². The summed E-state index contributed by atoms with van der Waals surface area (Å²) in [4.78, 5) is 2.36. The number of nitrogens with zero attached hydrogens (tertiary/aromatic N) is 1. The van der Waals surface area contributed by atoms with Crippen LogP contribution >= 0.6 is 0 Å². The van der Waals surface area contributed by atoms with Crippen LogP contribution in [0.4, 0.5) is 11.4 Å². The van der Waals surface area contributed by atoms with E-state index in [1.807, 2.05) is 6.92 Å². The van der Waals surface area contributed by atoms with Crippen molar-refractivity contribution in [2.45, 2.75) is 39.0 Å². The summed E-state index contributed by atoms with van der Waals surface area (Å²) in [6, 6.07) is 44.2. The molecule has 0 saturated heterocycles. The van der Waals surface area contributed by atoms with Gasteiger partial charge >= 0.3 is 0 Å². The van der Waals surface area contributed by atoms with E-state index in [9.17, 15) is 0 Å². The van der Waals surface area contributed by atoms with Crippen LogP contribution in [-0.2, 0) is 5.41 Å². The van der Waals surface area contributed by atoms with Crippen LogP contribution in [0.2, 0.25) is 0 Å². The normalized spacial score (nSPS) is 13.6. The zero-order valence-corrected chi connectivity index (χ0v) is 25.4. The molecule has 0 fully saturated rings. The number of allylic oxidation sites excluding steroid dienone is 5. The van der Waals surface area contributed by atoms with Crippen molar-refractivity contribution in [3.8, 4) is 33.4 Å². The molecule has 0 heterocycles. The monoisotopic (exact) mass is 557 g/mol. The van der Waals surface area contributed by atoms with Gasteiger partial charge in [0.1, 0.15) is 0 Å². The van der Waals surface area contributed by atoms with Crippen LogP contribution in [0.3, 0.4) is 0 Å². The highest BCUT2D eigenvalue weighted by molar-refractivity contribution is 5.88. The Morgan fingerprint density at radius 3 is 1.84 bits per heavy atom. The molecule has 6 rings (SSSR count). The molecule has 1 aliphatic rings. The molecule has 1 heteroatoms. The second-order valence-corrected chi connectivity index (χ2v) is 11.6. The van der Waals surface area contributed by atoms with Crippen molar-refractivity contribution in [2.75, 3.05) is 4.90 Å². The zero-order valence-electron chi connectivity index (χ0n) is 25.4. The van der Waals surface area contributed by atoms with Crippen molar-refractivity contribution in [3.05, 3.63) is 169 Å². The van der Waals surface area contributed by atoms with Crippen molar-refractivity contribution in [1.82, 2.24) is 0 Å². The van der Waals surface area contributed by atoms with Crippen molar-refractivity contribution in [3.63, 3.8) is 0 Å². The fraction of sp³-hybridized carbons (Fsp3) is 0.143. The predicted molar refractivity (Wildman–Crippen MR) is 186 cm³/mol. The lowest BCUT2D eigenvalue weighted by molar-refractivity contribution is 0.660. The first-order chi connectivity index (χ1) is 21.1. The van der Waals surface area contributed by atoms with Gasteiger partial charge in [0.05, 0.1) is 0 Å². The average molecular weight is 558 g/mol. The van der Waals surface area contributed by atoms with Gasteiger partial charge in [-0.25, -0.2) is 0 Å². The Hall–Kier alpha value is -4.88. The van der Waals surface area contributed by atoms with Crippen LogP contribution in [0.5, 0.6) is 0 Å². The van der Waals surface area contributed by atoms with Crippen LogP contribution < -0.4 is 4.90 Å². The molecule has 0 aliphatic heterocycles. The third kappa shape index (κ3) is 5.76. The summed E-state index contributed by atoms with van der Waals surface area (Å²) in [6.45, 7) is 6.74. The van der Waals surface area contributed by atoms with E-state index in [2.05, 4.69) is 177 Å². The van der Waals surface area contributed by atoms with E-state index in [0.29, 0.717) is 0 Å². The van der Waals surface area contributed by atoms with Gasteiger partial charge in [-0.05, 0) is 88.5 Å². The predicted octanol–water partition coefficient (Wildman–Crippen LogP) is 11.9. The first-order valence-electron chi connectivity index (χ1n) is 15.3. The molecule has 1 aliphatic carbocycles. The first kappa shape index (κ1) is 28.2. The molecule has 0 atom stereocenters. The van der Waals surface area contributed by atoms with Crippen LogP contribution in [0.1, 0.15) is 44.7 Å². The number of hydrogen-bond donors (Lipinski definition) is 0. The van der Waals surface area contributed by atoms with E-state index in [1.54, 1.807) is 0 Å². The molecule has 0 unspecified atom stereocenters. The van der Waals surface area contributed by atoms with Gasteiger partial charge in [0.15, 0.2) is 0 Å². The SMILES string of the molecule is C/C=C\C=C/CC/C=C/N(c1ccc(-c2ccccc2)c(-c2ccccc2)c1)c1ccc2c(c1)C(C)(C)c1ccccc1-2. The van der Waals surface area contributed by atoms with Crippen LogP contribution in [0.25, 0.3) is 33.4 Å². The molecule has 0 aromatic heterocycles. The Morgan fingerprint density at radius 2 is 1.12 bits per heavy atom. The second-order valence-electron chi connectivity index (χ2n) is 11.6. The Labute approximate surface area is 257 Å². The fourth-order valence-electron chi connectivity index (χ4n) is 6.23. The summed E-state index contributed by atoms with van der Waals surface area (Å²) in [5, 5.41) is 0. The molecule has 0 N–H and O–H groups in total. The van der Waals surface area contributed by atoms with Gasteiger partial charge in [-0.1, -0.05) is 141 Å². The minimum Gasteiger partial charge on any atom is -0.317 e. The third-order valence-electron chi connectivity index (χ3n) is 8.49. The number of benzene rings is 5. The Kier molecular flexibility index (Phi) is 8.24. The minimum absolute atomic E-state index is 0.0543. The van der Waals surface area contributed by atoms with Crippen molar-refractivity contribution in [2.24, 2.45) is 0 Å². The zero-order chi connectivity index (χ0) is 29.6. The molecule has 5 aromatic carbocycles. The molecule has 0 spiro atoms. The lowest BCUT2D eigenvalue weighted by Crippen LogP contribution is -2.16. The summed E-state index contributed by atoms with van der Waals surface area (Å²) < 4.78 is 0. The maximum atomic E-state index is 2.40. The minimum atomic E-state index is -0.0543. The largest absolute Gasteiger partial charge is 0.317 e. The van der Waals surface area contributed by atoms with Gasteiger partial charge in [0.25, 0.3) is 0 Å². The Balaban J connectivity index is 1.45. The fourth-order valence-corrected chi connectivity index (χ4v) is 6.23. The van der Waals surface area contributed by atoms with E-state index < -0.39 is 0 Å². The third-order valence-corrected chi connectivity index (χ3v) is 8.49.